The first-order chi connectivity index (χ1) is 9.33. The molecule has 0 spiro atoms. The molecule has 0 atom stereocenters. The first kappa shape index (κ1) is 12.8. The summed E-state index contributed by atoms with van der Waals surface area (Å²) in [6.45, 7) is 8.19. The molecule has 0 aliphatic carbocycles. The first-order valence-electron chi connectivity index (χ1n) is 7.19. The molecule has 2 fully saturated rings. The van der Waals surface area contributed by atoms with Gasteiger partial charge in [-0.15, -0.1) is 0 Å². The van der Waals surface area contributed by atoms with E-state index in [9.17, 15) is 0 Å². The van der Waals surface area contributed by atoms with Crippen LogP contribution in [0.4, 0.5) is 5.82 Å². The Bertz CT molecular complexity index is 412. The number of aromatic nitrogens is 2. The highest BCUT2D eigenvalue weighted by molar-refractivity contribution is 5.37. The lowest BCUT2D eigenvalue weighted by molar-refractivity contribution is 0.0321. The Morgan fingerprint density at radius 2 is 1.89 bits per heavy atom. The normalized spacial score (nSPS) is 22.7. The molecule has 5 heteroatoms. The van der Waals surface area contributed by atoms with E-state index in [1.165, 1.54) is 12.8 Å². The molecular formula is C14H22N4O. The average Bonchev–Trinajstić information content (AvgIpc) is 2.48. The third kappa shape index (κ3) is 3.04. The number of aryl methyl sites for hydroxylation is 1. The van der Waals surface area contributed by atoms with Crippen LogP contribution in [0.5, 0.6) is 0 Å². The molecule has 0 radical (unpaired) electrons. The maximum absolute atomic E-state index is 5.44. The summed E-state index contributed by atoms with van der Waals surface area (Å²) in [5, 5.41) is 0. The number of anilines is 1. The molecule has 0 N–H and O–H groups in total. The number of nitrogens with zero attached hydrogens (tertiary/aromatic N) is 4. The minimum Gasteiger partial charge on any atom is -0.381 e. The van der Waals surface area contributed by atoms with Gasteiger partial charge in [-0.2, -0.15) is 0 Å². The van der Waals surface area contributed by atoms with Crippen molar-refractivity contribution in [2.75, 3.05) is 44.3 Å². The van der Waals surface area contributed by atoms with E-state index in [0.29, 0.717) is 0 Å². The van der Waals surface area contributed by atoms with Gasteiger partial charge in [0.15, 0.2) is 0 Å². The van der Waals surface area contributed by atoms with Gasteiger partial charge in [-0.3, -0.25) is 4.90 Å². The fraction of sp³-hybridized carbons (Fsp3) is 0.714. The van der Waals surface area contributed by atoms with Crippen LogP contribution >= 0.6 is 0 Å². The van der Waals surface area contributed by atoms with Crippen molar-refractivity contribution in [1.29, 1.82) is 0 Å². The lowest BCUT2D eigenvalue weighted by Crippen LogP contribution is -2.51. The second-order valence-electron chi connectivity index (χ2n) is 5.33. The number of ether oxygens (including phenoxy) is 1. The third-order valence-corrected chi connectivity index (χ3v) is 4.11. The van der Waals surface area contributed by atoms with Gasteiger partial charge in [-0.25, -0.2) is 9.97 Å². The van der Waals surface area contributed by atoms with Crippen molar-refractivity contribution < 1.29 is 4.74 Å². The zero-order valence-corrected chi connectivity index (χ0v) is 11.6. The van der Waals surface area contributed by atoms with E-state index in [4.69, 9.17) is 4.74 Å². The number of hydrogen-bond donors (Lipinski definition) is 0. The van der Waals surface area contributed by atoms with Gasteiger partial charge in [0.2, 0.25) is 0 Å². The predicted octanol–water partition coefficient (Wildman–Crippen LogP) is 1.09. The fourth-order valence-corrected chi connectivity index (χ4v) is 2.99. The van der Waals surface area contributed by atoms with Crippen molar-refractivity contribution in [1.82, 2.24) is 14.9 Å². The number of piperazine rings is 1. The van der Waals surface area contributed by atoms with E-state index >= 15 is 0 Å². The molecule has 0 bridgehead atoms. The van der Waals surface area contributed by atoms with Crippen LogP contribution in [-0.2, 0) is 4.74 Å². The maximum atomic E-state index is 5.44. The van der Waals surface area contributed by atoms with E-state index in [1.54, 1.807) is 0 Å². The van der Waals surface area contributed by atoms with Crippen LogP contribution in [0.3, 0.4) is 0 Å². The highest BCUT2D eigenvalue weighted by Crippen LogP contribution is 2.19. The molecule has 3 heterocycles. The smallest absolute Gasteiger partial charge is 0.132 e. The predicted molar refractivity (Wildman–Crippen MR) is 74.4 cm³/mol. The maximum Gasteiger partial charge on any atom is 0.132 e. The summed E-state index contributed by atoms with van der Waals surface area (Å²) in [6.07, 6.45) is 4.22. The van der Waals surface area contributed by atoms with Gasteiger partial charge in [0.25, 0.3) is 0 Å². The van der Waals surface area contributed by atoms with Gasteiger partial charge < -0.3 is 9.64 Å². The summed E-state index contributed by atoms with van der Waals surface area (Å²) in [7, 11) is 0. The zero-order valence-electron chi connectivity index (χ0n) is 11.6. The van der Waals surface area contributed by atoms with Gasteiger partial charge in [0.1, 0.15) is 11.6 Å². The fourth-order valence-electron chi connectivity index (χ4n) is 2.99. The molecule has 2 aliphatic rings. The van der Waals surface area contributed by atoms with Gasteiger partial charge in [-0.1, -0.05) is 0 Å². The monoisotopic (exact) mass is 262 g/mol. The SMILES string of the molecule is Cc1nccc(N2CCN(C3CCOCC3)CC2)n1. The molecule has 1 aromatic rings. The van der Waals surface area contributed by atoms with E-state index in [2.05, 4.69) is 19.8 Å². The van der Waals surface area contributed by atoms with Crippen molar-refractivity contribution >= 4 is 5.82 Å². The number of hydrogen-bond acceptors (Lipinski definition) is 5. The van der Waals surface area contributed by atoms with Crippen molar-refractivity contribution in [2.24, 2.45) is 0 Å². The first-order valence-corrected chi connectivity index (χ1v) is 7.19. The number of rotatable bonds is 2. The van der Waals surface area contributed by atoms with Gasteiger partial charge in [0, 0.05) is 51.6 Å². The molecule has 19 heavy (non-hydrogen) atoms. The average molecular weight is 262 g/mol. The van der Waals surface area contributed by atoms with E-state index in [0.717, 1.165) is 57.1 Å². The quantitative estimate of drug-likeness (QED) is 0.798. The molecule has 5 nitrogen and oxygen atoms in total. The Morgan fingerprint density at radius 1 is 1.16 bits per heavy atom. The Labute approximate surface area is 114 Å². The van der Waals surface area contributed by atoms with Gasteiger partial charge in [-0.05, 0) is 25.8 Å². The molecular weight excluding hydrogens is 240 g/mol. The summed E-state index contributed by atoms with van der Waals surface area (Å²) < 4.78 is 5.44. The van der Waals surface area contributed by atoms with E-state index in [-0.39, 0.29) is 0 Å². The molecule has 0 amide bonds. The summed E-state index contributed by atoms with van der Waals surface area (Å²) in [6, 6.07) is 2.74. The molecule has 2 aliphatic heterocycles. The van der Waals surface area contributed by atoms with E-state index < -0.39 is 0 Å². The topological polar surface area (TPSA) is 41.5 Å². The molecule has 0 unspecified atom stereocenters. The van der Waals surface area contributed by atoms with Crippen LogP contribution in [-0.4, -0.2) is 60.3 Å². The Morgan fingerprint density at radius 3 is 2.58 bits per heavy atom. The molecule has 0 saturated carbocycles. The van der Waals surface area contributed by atoms with Crippen LogP contribution in [0, 0.1) is 6.92 Å². The molecule has 1 aromatic heterocycles. The third-order valence-electron chi connectivity index (χ3n) is 4.11. The van der Waals surface area contributed by atoms with Crippen molar-refractivity contribution in [3.05, 3.63) is 18.1 Å². The molecule has 0 aromatic carbocycles. The summed E-state index contributed by atoms with van der Waals surface area (Å²) >= 11 is 0. The highest BCUT2D eigenvalue weighted by atomic mass is 16.5. The second-order valence-corrected chi connectivity index (χ2v) is 5.33. The van der Waals surface area contributed by atoms with E-state index in [1.807, 2.05) is 19.2 Å². The van der Waals surface area contributed by atoms with Crippen LogP contribution in [0.1, 0.15) is 18.7 Å². The van der Waals surface area contributed by atoms with Gasteiger partial charge >= 0.3 is 0 Å². The second kappa shape index (κ2) is 5.84. The lowest BCUT2D eigenvalue weighted by Gasteiger charge is -2.41. The van der Waals surface area contributed by atoms with Crippen LogP contribution < -0.4 is 4.90 Å². The summed E-state index contributed by atoms with van der Waals surface area (Å²) in [5.41, 5.74) is 0. The highest BCUT2D eigenvalue weighted by Gasteiger charge is 2.25. The molecule has 104 valence electrons. The van der Waals surface area contributed by atoms with Crippen molar-refractivity contribution in [2.45, 2.75) is 25.8 Å². The minimum absolute atomic E-state index is 0.725. The Balaban J connectivity index is 1.57. The summed E-state index contributed by atoms with van der Waals surface area (Å²) in [5.74, 6) is 1.92. The Kier molecular flexibility index (Phi) is 3.94. The van der Waals surface area contributed by atoms with Crippen LogP contribution in [0.25, 0.3) is 0 Å². The molecule has 2 saturated heterocycles. The van der Waals surface area contributed by atoms with Crippen LogP contribution in [0.15, 0.2) is 12.3 Å². The largest absolute Gasteiger partial charge is 0.381 e. The van der Waals surface area contributed by atoms with Crippen LogP contribution in [0.2, 0.25) is 0 Å². The summed E-state index contributed by atoms with van der Waals surface area (Å²) in [4.78, 5) is 13.7. The molecule has 3 rings (SSSR count). The van der Waals surface area contributed by atoms with Crippen molar-refractivity contribution in [3.8, 4) is 0 Å². The van der Waals surface area contributed by atoms with Crippen molar-refractivity contribution in [3.63, 3.8) is 0 Å². The minimum atomic E-state index is 0.725. The zero-order chi connectivity index (χ0) is 13.1. The van der Waals surface area contributed by atoms with Gasteiger partial charge in [0.05, 0.1) is 0 Å². The lowest BCUT2D eigenvalue weighted by atomic mass is 10.1. The standard InChI is InChI=1S/C14H22N4O/c1-12-15-5-2-14(16-12)18-8-6-17(7-9-18)13-3-10-19-11-4-13/h2,5,13H,3-4,6-11H2,1H3. The Hall–Kier alpha value is -1.20.